The van der Waals surface area contributed by atoms with E-state index in [1.807, 2.05) is 12.1 Å². The molecule has 0 unspecified atom stereocenters. The van der Waals surface area contributed by atoms with Crippen LogP contribution in [0.2, 0.25) is 0 Å². The molecule has 0 aliphatic heterocycles. The third-order valence-corrected chi connectivity index (χ3v) is 2.06. The molecule has 1 aromatic heterocycles. The van der Waals surface area contributed by atoms with Crippen LogP contribution in [-0.2, 0) is 6.42 Å². The molecule has 0 bridgehead atoms. The molecule has 1 amide bonds. The van der Waals surface area contributed by atoms with Gasteiger partial charge in [-0.2, -0.15) is 0 Å². The minimum absolute atomic E-state index is 0.150. The summed E-state index contributed by atoms with van der Waals surface area (Å²) in [5, 5.41) is 17.5. The number of hydrogen-bond acceptors (Lipinski definition) is 3. The zero-order chi connectivity index (χ0) is 11.1. The van der Waals surface area contributed by atoms with Crippen LogP contribution in [0.4, 0.5) is 4.79 Å². The molecule has 1 heterocycles. The third-order valence-electron chi connectivity index (χ3n) is 2.06. The van der Waals surface area contributed by atoms with E-state index < -0.39 is 6.09 Å². The summed E-state index contributed by atoms with van der Waals surface area (Å²) in [6.07, 6.45) is 2.98. The molecule has 5 nitrogen and oxygen atoms in total. The SMILES string of the molecule is O=C(O)N(CCO)CCc1ccncc1. The molecule has 0 spiro atoms. The normalized spacial score (nSPS) is 9.93. The van der Waals surface area contributed by atoms with Gasteiger partial charge in [-0.3, -0.25) is 4.98 Å². The van der Waals surface area contributed by atoms with Crippen LogP contribution in [0.25, 0.3) is 0 Å². The van der Waals surface area contributed by atoms with Crippen molar-refractivity contribution in [3.8, 4) is 0 Å². The molecular formula is C10H14N2O3. The van der Waals surface area contributed by atoms with Crippen LogP contribution in [0.5, 0.6) is 0 Å². The van der Waals surface area contributed by atoms with Gasteiger partial charge in [-0.1, -0.05) is 0 Å². The lowest BCUT2D eigenvalue weighted by molar-refractivity contribution is 0.132. The van der Waals surface area contributed by atoms with Crippen molar-refractivity contribution in [2.45, 2.75) is 6.42 Å². The Morgan fingerprint density at radius 2 is 2.00 bits per heavy atom. The maximum Gasteiger partial charge on any atom is 0.407 e. The van der Waals surface area contributed by atoms with Gasteiger partial charge in [0.05, 0.1) is 6.61 Å². The van der Waals surface area contributed by atoms with Crippen molar-refractivity contribution in [2.75, 3.05) is 19.7 Å². The highest BCUT2D eigenvalue weighted by atomic mass is 16.4. The molecule has 0 aliphatic carbocycles. The average molecular weight is 210 g/mol. The minimum atomic E-state index is -1.00. The predicted octanol–water partition coefficient (Wildman–Crippen LogP) is 0.596. The maximum atomic E-state index is 10.7. The summed E-state index contributed by atoms with van der Waals surface area (Å²) in [6, 6.07) is 3.69. The largest absolute Gasteiger partial charge is 0.465 e. The zero-order valence-corrected chi connectivity index (χ0v) is 8.33. The Bertz CT molecular complexity index is 303. The van der Waals surface area contributed by atoms with Gasteiger partial charge in [-0.05, 0) is 24.1 Å². The molecule has 0 fully saturated rings. The number of pyridine rings is 1. The quantitative estimate of drug-likeness (QED) is 0.746. The van der Waals surface area contributed by atoms with E-state index in [2.05, 4.69) is 4.98 Å². The molecule has 5 heteroatoms. The van der Waals surface area contributed by atoms with Crippen LogP contribution in [-0.4, -0.2) is 45.9 Å². The van der Waals surface area contributed by atoms with Crippen LogP contribution >= 0.6 is 0 Å². The second kappa shape index (κ2) is 5.98. The van der Waals surface area contributed by atoms with Gasteiger partial charge in [0.15, 0.2) is 0 Å². The van der Waals surface area contributed by atoms with Crippen LogP contribution in [0.3, 0.4) is 0 Å². The van der Waals surface area contributed by atoms with Crippen molar-refractivity contribution in [3.63, 3.8) is 0 Å². The average Bonchev–Trinajstić information content (AvgIpc) is 2.25. The Morgan fingerprint density at radius 3 is 2.53 bits per heavy atom. The van der Waals surface area contributed by atoms with Gasteiger partial charge >= 0.3 is 6.09 Å². The molecule has 0 radical (unpaired) electrons. The Labute approximate surface area is 88.0 Å². The molecule has 0 saturated carbocycles. The molecular weight excluding hydrogens is 196 g/mol. The number of hydrogen-bond donors (Lipinski definition) is 2. The molecule has 0 saturated heterocycles. The molecule has 15 heavy (non-hydrogen) atoms. The van der Waals surface area contributed by atoms with Gasteiger partial charge in [-0.15, -0.1) is 0 Å². The van der Waals surface area contributed by atoms with Crippen LogP contribution < -0.4 is 0 Å². The van der Waals surface area contributed by atoms with Crippen LogP contribution in [0, 0.1) is 0 Å². The van der Waals surface area contributed by atoms with Crippen molar-refractivity contribution in [1.82, 2.24) is 9.88 Å². The zero-order valence-electron chi connectivity index (χ0n) is 8.33. The molecule has 0 atom stereocenters. The number of carboxylic acid groups (broad SMARTS) is 1. The standard InChI is InChI=1S/C10H14N2O3/c13-8-7-12(10(14)15)6-3-9-1-4-11-5-2-9/h1-2,4-5,13H,3,6-8H2,(H,14,15). The van der Waals surface area contributed by atoms with E-state index in [0.717, 1.165) is 5.56 Å². The first-order valence-electron chi connectivity index (χ1n) is 4.71. The highest BCUT2D eigenvalue weighted by Crippen LogP contribution is 2.00. The fourth-order valence-corrected chi connectivity index (χ4v) is 1.24. The fraction of sp³-hybridized carbons (Fsp3) is 0.400. The van der Waals surface area contributed by atoms with E-state index in [4.69, 9.17) is 10.2 Å². The Kier molecular flexibility index (Phi) is 4.56. The first kappa shape index (κ1) is 11.5. The molecule has 1 rings (SSSR count). The first-order chi connectivity index (χ1) is 7.24. The van der Waals surface area contributed by atoms with E-state index in [9.17, 15) is 4.79 Å². The van der Waals surface area contributed by atoms with Crippen molar-refractivity contribution < 1.29 is 15.0 Å². The van der Waals surface area contributed by atoms with Crippen molar-refractivity contribution in [3.05, 3.63) is 30.1 Å². The summed E-state index contributed by atoms with van der Waals surface area (Å²) >= 11 is 0. The fourth-order valence-electron chi connectivity index (χ4n) is 1.24. The smallest absolute Gasteiger partial charge is 0.407 e. The summed E-state index contributed by atoms with van der Waals surface area (Å²) in [5.41, 5.74) is 1.04. The number of amides is 1. The monoisotopic (exact) mass is 210 g/mol. The summed E-state index contributed by atoms with van der Waals surface area (Å²) < 4.78 is 0. The van der Waals surface area contributed by atoms with Gasteiger partial charge in [0.2, 0.25) is 0 Å². The first-order valence-corrected chi connectivity index (χ1v) is 4.71. The van der Waals surface area contributed by atoms with Crippen LogP contribution in [0.15, 0.2) is 24.5 Å². The van der Waals surface area contributed by atoms with Crippen molar-refractivity contribution in [2.24, 2.45) is 0 Å². The number of aliphatic hydroxyl groups is 1. The van der Waals surface area contributed by atoms with Crippen molar-refractivity contribution in [1.29, 1.82) is 0 Å². The Hall–Kier alpha value is -1.62. The lowest BCUT2D eigenvalue weighted by Crippen LogP contribution is -2.33. The van der Waals surface area contributed by atoms with Crippen molar-refractivity contribution >= 4 is 6.09 Å². The summed E-state index contributed by atoms with van der Waals surface area (Å²) in [6.45, 7) is 0.392. The van der Waals surface area contributed by atoms with Gasteiger partial charge in [0, 0.05) is 25.5 Å². The van der Waals surface area contributed by atoms with E-state index in [1.165, 1.54) is 4.90 Å². The molecule has 0 aliphatic rings. The van der Waals surface area contributed by atoms with Gasteiger partial charge in [-0.25, -0.2) is 4.79 Å². The lowest BCUT2D eigenvalue weighted by atomic mass is 10.2. The molecule has 82 valence electrons. The van der Waals surface area contributed by atoms with Gasteiger partial charge in [0.1, 0.15) is 0 Å². The Balaban J connectivity index is 2.43. The second-order valence-electron chi connectivity index (χ2n) is 3.10. The van der Waals surface area contributed by atoms with Crippen LogP contribution in [0.1, 0.15) is 5.56 Å². The summed E-state index contributed by atoms with van der Waals surface area (Å²) in [5.74, 6) is 0. The predicted molar refractivity (Wildman–Crippen MR) is 54.6 cm³/mol. The number of rotatable bonds is 5. The maximum absolute atomic E-state index is 10.7. The number of nitrogens with zero attached hydrogens (tertiary/aromatic N) is 2. The molecule has 0 aromatic carbocycles. The highest BCUT2D eigenvalue weighted by Gasteiger charge is 2.09. The highest BCUT2D eigenvalue weighted by molar-refractivity contribution is 5.64. The van der Waals surface area contributed by atoms with Gasteiger partial charge in [0.25, 0.3) is 0 Å². The minimum Gasteiger partial charge on any atom is -0.465 e. The van der Waals surface area contributed by atoms with E-state index in [0.29, 0.717) is 13.0 Å². The van der Waals surface area contributed by atoms with E-state index >= 15 is 0 Å². The topological polar surface area (TPSA) is 73.7 Å². The lowest BCUT2D eigenvalue weighted by Gasteiger charge is -2.17. The third kappa shape index (κ3) is 3.95. The van der Waals surface area contributed by atoms with E-state index in [1.54, 1.807) is 12.4 Å². The molecule has 1 aromatic rings. The molecule has 2 N–H and O–H groups in total. The van der Waals surface area contributed by atoms with Gasteiger partial charge < -0.3 is 15.1 Å². The summed E-state index contributed by atoms with van der Waals surface area (Å²) in [7, 11) is 0. The Morgan fingerprint density at radius 1 is 1.33 bits per heavy atom. The summed E-state index contributed by atoms with van der Waals surface area (Å²) in [4.78, 5) is 15.8. The number of aromatic nitrogens is 1. The number of aliphatic hydroxyl groups excluding tert-OH is 1. The number of carbonyl (C=O) groups is 1. The van der Waals surface area contributed by atoms with E-state index in [-0.39, 0.29) is 13.2 Å². The second-order valence-corrected chi connectivity index (χ2v) is 3.10.